The molecule has 1 aromatic heterocycles. The van der Waals surface area contributed by atoms with Gasteiger partial charge in [-0.2, -0.15) is 0 Å². The molecule has 1 aliphatic heterocycles. The van der Waals surface area contributed by atoms with Crippen LogP contribution >= 0.6 is 0 Å². The quantitative estimate of drug-likeness (QED) is 0.643. The molecule has 0 radical (unpaired) electrons. The van der Waals surface area contributed by atoms with Crippen molar-refractivity contribution in [2.75, 3.05) is 32.8 Å². The fraction of sp³-hybridized carbons (Fsp3) is 0.630. The number of piperazine rings is 1. The maximum Gasteiger partial charge on any atom is 0.336 e. The van der Waals surface area contributed by atoms with Gasteiger partial charge in [0.1, 0.15) is 11.3 Å². The summed E-state index contributed by atoms with van der Waals surface area (Å²) in [4.78, 5) is 30.3. The molecule has 0 atom stereocenters. The molecule has 2 aromatic rings. The van der Waals surface area contributed by atoms with Crippen molar-refractivity contribution in [3.63, 3.8) is 0 Å². The average Bonchev–Trinajstić information content (AvgIpc) is 2.79. The Morgan fingerprint density at radius 1 is 1.03 bits per heavy atom. The smallest absolute Gasteiger partial charge is 0.336 e. The Balaban J connectivity index is 1.15. The summed E-state index contributed by atoms with van der Waals surface area (Å²) in [6.07, 6.45) is 7.49. The van der Waals surface area contributed by atoms with Gasteiger partial charge in [-0.15, -0.1) is 0 Å². The number of nitrogens with zero attached hydrogens (tertiary/aromatic N) is 2. The topological polar surface area (TPSA) is 63.0 Å². The highest BCUT2D eigenvalue weighted by atomic mass is 16.5. The number of hydrogen-bond acceptors (Lipinski definition) is 5. The molecular weight excluding hydrogens is 416 g/mol. The van der Waals surface area contributed by atoms with Gasteiger partial charge < -0.3 is 14.1 Å². The molecule has 5 fully saturated rings. The number of carbonyl (C=O) groups excluding carboxylic acids is 1. The van der Waals surface area contributed by atoms with Gasteiger partial charge in [-0.25, -0.2) is 4.79 Å². The summed E-state index contributed by atoms with van der Waals surface area (Å²) in [5.74, 6) is 3.60. The fourth-order valence-corrected chi connectivity index (χ4v) is 7.65. The van der Waals surface area contributed by atoms with Gasteiger partial charge >= 0.3 is 5.63 Å². The first kappa shape index (κ1) is 21.2. The normalized spacial score (nSPS) is 31.3. The number of rotatable bonds is 5. The summed E-state index contributed by atoms with van der Waals surface area (Å²) in [5, 5.41) is 0.924. The highest BCUT2D eigenvalue weighted by Gasteiger charge is 2.55. The van der Waals surface area contributed by atoms with E-state index in [9.17, 15) is 9.59 Å². The molecule has 33 heavy (non-hydrogen) atoms. The molecule has 4 aliphatic carbocycles. The van der Waals surface area contributed by atoms with Crippen molar-refractivity contribution in [3.05, 3.63) is 40.2 Å². The van der Waals surface area contributed by atoms with E-state index in [0.717, 1.165) is 79.9 Å². The van der Waals surface area contributed by atoms with Crippen molar-refractivity contribution in [3.8, 4) is 5.75 Å². The van der Waals surface area contributed by atoms with Crippen LogP contribution < -0.4 is 10.4 Å². The summed E-state index contributed by atoms with van der Waals surface area (Å²) < 4.78 is 11.1. The molecule has 7 rings (SSSR count). The van der Waals surface area contributed by atoms with Crippen LogP contribution in [0.15, 0.2) is 33.5 Å². The highest BCUT2D eigenvalue weighted by molar-refractivity contribution is 5.83. The highest BCUT2D eigenvalue weighted by Crippen LogP contribution is 2.60. The number of fused-ring (bicyclic) bond motifs is 1. The minimum Gasteiger partial charge on any atom is -0.494 e. The molecule has 4 saturated carbocycles. The van der Waals surface area contributed by atoms with E-state index in [-0.39, 0.29) is 11.0 Å². The van der Waals surface area contributed by atoms with Gasteiger partial charge in [0.15, 0.2) is 0 Å². The Kier molecular flexibility index (Phi) is 5.24. The Morgan fingerprint density at radius 3 is 2.33 bits per heavy atom. The maximum atomic E-state index is 13.7. The average molecular weight is 451 g/mol. The first-order chi connectivity index (χ1) is 16.0. The summed E-state index contributed by atoms with van der Waals surface area (Å²) in [7, 11) is 0. The molecule has 5 aliphatic rings. The third kappa shape index (κ3) is 3.86. The van der Waals surface area contributed by atoms with E-state index in [0.29, 0.717) is 24.6 Å². The molecule has 4 bridgehead atoms. The third-order valence-corrected chi connectivity index (χ3v) is 8.66. The lowest BCUT2D eigenvalue weighted by molar-refractivity contribution is -0.159. The number of benzene rings is 1. The van der Waals surface area contributed by atoms with Crippen molar-refractivity contribution in [1.29, 1.82) is 0 Å². The standard InChI is InChI=1S/C27H34N2O4/c1-2-32-22-3-4-24-23(13-22)21(12-25(30)33-24)17-28-5-7-29(8-6-28)26(31)27-14-18-9-19(15-27)11-20(10-18)16-27/h3-4,12-13,18-20H,2,5-11,14-17H2,1H3. The van der Waals surface area contributed by atoms with E-state index in [1.54, 1.807) is 6.07 Å². The van der Waals surface area contributed by atoms with Crippen LogP contribution in [0, 0.1) is 23.2 Å². The van der Waals surface area contributed by atoms with Crippen molar-refractivity contribution in [2.45, 2.75) is 52.0 Å². The van der Waals surface area contributed by atoms with Crippen LogP contribution in [-0.4, -0.2) is 48.5 Å². The van der Waals surface area contributed by atoms with Crippen molar-refractivity contribution < 1.29 is 13.9 Å². The zero-order valence-corrected chi connectivity index (χ0v) is 19.6. The van der Waals surface area contributed by atoms with Gasteiger partial charge in [-0.3, -0.25) is 9.69 Å². The maximum absolute atomic E-state index is 13.7. The van der Waals surface area contributed by atoms with E-state index in [1.807, 2.05) is 25.1 Å². The molecule has 1 saturated heterocycles. The first-order valence-electron chi connectivity index (χ1n) is 12.7. The zero-order valence-electron chi connectivity index (χ0n) is 19.6. The van der Waals surface area contributed by atoms with Crippen LogP contribution in [0.4, 0.5) is 0 Å². The Labute approximate surface area is 194 Å². The zero-order chi connectivity index (χ0) is 22.6. The Morgan fingerprint density at radius 2 is 1.70 bits per heavy atom. The second-order valence-corrected chi connectivity index (χ2v) is 10.9. The first-order valence-corrected chi connectivity index (χ1v) is 12.7. The predicted octanol–water partition coefficient (Wildman–Crippen LogP) is 4.05. The van der Waals surface area contributed by atoms with Crippen LogP contribution in [0.1, 0.15) is 51.0 Å². The number of hydrogen-bond donors (Lipinski definition) is 0. The molecule has 6 heteroatoms. The molecule has 0 unspecified atom stereocenters. The fourth-order valence-electron chi connectivity index (χ4n) is 7.65. The predicted molar refractivity (Wildman–Crippen MR) is 126 cm³/mol. The van der Waals surface area contributed by atoms with Gasteiger partial charge in [-0.1, -0.05) is 0 Å². The minimum atomic E-state index is -0.322. The largest absolute Gasteiger partial charge is 0.494 e. The third-order valence-electron chi connectivity index (χ3n) is 8.66. The molecule has 0 N–H and O–H groups in total. The molecular formula is C27H34N2O4. The minimum absolute atomic E-state index is 0.0544. The number of carbonyl (C=O) groups is 1. The lowest BCUT2D eigenvalue weighted by Crippen LogP contribution is -2.58. The van der Waals surface area contributed by atoms with E-state index >= 15 is 0 Å². The molecule has 1 amide bonds. The van der Waals surface area contributed by atoms with Crippen LogP contribution in [0.3, 0.4) is 0 Å². The van der Waals surface area contributed by atoms with Gasteiger partial charge in [0.05, 0.1) is 12.0 Å². The second kappa shape index (κ2) is 8.15. The van der Waals surface area contributed by atoms with Gasteiger partial charge in [0.2, 0.25) is 5.91 Å². The second-order valence-electron chi connectivity index (χ2n) is 10.9. The van der Waals surface area contributed by atoms with Crippen LogP contribution in [0.2, 0.25) is 0 Å². The summed E-state index contributed by atoms with van der Waals surface area (Å²) in [6.45, 7) is 6.47. The van der Waals surface area contributed by atoms with E-state index in [2.05, 4.69) is 9.80 Å². The Hall–Kier alpha value is -2.34. The van der Waals surface area contributed by atoms with Crippen molar-refractivity contribution in [2.24, 2.45) is 23.2 Å². The van der Waals surface area contributed by atoms with Crippen molar-refractivity contribution >= 4 is 16.9 Å². The van der Waals surface area contributed by atoms with E-state index < -0.39 is 0 Å². The van der Waals surface area contributed by atoms with Crippen LogP contribution in [0.5, 0.6) is 5.75 Å². The molecule has 0 spiro atoms. The molecule has 176 valence electrons. The lowest BCUT2D eigenvalue weighted by Gasteiger charge is -2.57. The SMILES string of the molecule is CCOc1ccc2oc(=O)cc(CN3CCN(C(=O)C45CC6CC(CC(C6)C4)C5)CC3)c2c1. The summed E-state index contributed by atoms with van der Waals surface area (Å²) >= 11 is 0. The van der Waals surface area contributed by atoms with Gasteiger partial charge in [0.25, 0.3) is 0 Å². The number of ether oxygens (including phenoxy) is 1. The van der Waals surface area contributed by atoms with E-state index in [4.69, 9.17) is 9.15 Å². The van der Waals surface area contributed by atoms with E-state index in [1.165, 1.54) is 19.3 Å². The summed E-state index contributed by atoms with van der Waals surface area (Å²) in [6, 6.07) is 7.22. The van der Waals surface area contributed by atoms with Crippen LogP contribution in [0.25, 0.3) is 11.0 Å². The van der Waals surface area contributed by atoms with Gasteiger partial charge in [-0.05, 0) is 87.0 Å². The molecule has 2 heterocycles. The summed E-state index contributed by atoms with van der Waals surface area (Å²) in [5.41, 5.74) is 1.18. The molecule has 6 nitrogen and oxygen atoms in total. The van der Waals surface area contributed by atoms with Crippen molar-refractivity contribution in [1.82, 2.24) is 9.80 Å². The van der Waals surface area contributed by atoms with Crippen LogP contribution in [-0.2, 0) is 11.3 Å². The Bertz CT molecular complexity index is 1080. The lowest BCUT2D eigenvalue weighted by atomic mass is 9.49. The number of amides is 1. The molecule has 1 aromatic carbocycles. The van der Waals surface area contributed by atoms with Gasteiger partial charge in [0, 0.05) is 44.2 Å². The monoisotopic (exact) mass is 450 g/mol.